The molecule has 0 spiro atoms. The fourth-order valence-electron chi connectivity index (χ4n) is 10.2. The van der Waals surface area contributed by atoms with E-state index in [0.29, 0.717) is 0 Å². The van der Waals surface area contributed by atoms with E-state index in [-0.39, 0.29) is 27.1 Å². The number of rotatable bonds is 10. The predicted octanol–water partition coefficient (Wildman–Crippen LogP) is 17.0. The lowest BCUT2D eigenvalue weighted by atomic mass is 9.78. The van der Waals surface area contributed by atoms with Crippen LogP contribution in [0.3, 0.4) is 0 Å². The SMILES string of the molecule is CC(C)(C)c1cc(Oc2ccc3c4cc(C(C)(C)c5ccccc5)ccc4n(-c4cc(C(C)(C)C)ccn4)c3c2)cc(-n2[c-][n+](-c3cc(-c4ccccc4)cc(C(C)(C)C)c3)c(C(C)(C)c3ccccc3)c2)c1. The summed E-state index contributed by atoms with van der Waals surface area (Å²) in [4.78, 5) is 5.03. The average Bonchev–Trinajstić information content (AvgIpc) is 3.97. The first-order chi connectivity index (χ1) is 34.6. The number of imidazole rings is 1. The normalized spacial score (nSPS) is 12.7. The molecule has 3 aromatic heterocycles. The molecule has 0 aliphatic rings. The molecule has 5 heteroatoms. The Kier molecular flexibility index (Phi) is 12.2. The number of fused-ring (bicyclic) bond motifs is 3. The minimum absolute atomic E-state index is 0.0522. The molecule has 3 heterocycles. The van der Waals surface area contributed by atoms with Gasteiger partial charge in [-0.2, -0.15) is 0 Å². The summed E-state index contributed by atoms with van der Waals surface area (Å²) in [6, 6.07) is 63.8. The lowest BCUT2D eigenvalue weighted by Crippen LogP contribution is -2.40. The van der Waals surface area contributed by atoms with Crippen molar-refractivity contribution in [2.24, 2.45) is 0 Å². The Bertz CT molecular complexity index is 3630. The van der Waals surface area contributed by atoms with Crippen LogP contribution in [0.5, 0.6) is 11.5 Å². The number of benzene rings is 7. The maximum atomic E-state index is 7.09. The van der Waals surface area contributed by atoms with Gasteiger partial charge in [-0.1, -0.05) is 193 Å². The summed E-state index contributed by atoms with van der Waals surface area (Å²) in [6.07, 6.45) is 8.10. The van der Waals surface area contributed by atoms with Gasteiger partial charge in [0.05, 0.1) is 28.1 Å². The van der Waals surface area contributed by atoms with Crippen molar-refractivity contribution in [3.8, 4) is 39.8 Å². The Morgan fingerprint density at radius 1 is 0.438 bits per heavy atom. The molecule has 0 N–H and O–H groups in total. The van der Waals surface area contributed by atoms with Crippen molar-refractivity contribution in [2.75, 3.05) is 0 Å². The lowest BCUT2D eigenvalue weighted by Gasteiger charge is -2.28. The van der Waals surface area contributed by atoms with Gasteiger partial charge in [0.1, 0.15) is 17.3 Å². The zero-order valence-corrected chi connectivity index (χ0v) is 45.1. The van der Waals surface area contributed by atoms with Gasteiger partial charge >= 0.3 is 0 Å². The van der Waals surface area contributed by atoms with Crippen LogP contribution >= 0.6 is 0 Å². The maximum absolute atomic E-state index is 7.09. The topological polar surface area (TPSA) is 35.9 Å². The number of aromatic nitrogens is 4. The second-order valence-electron chi connectivity index (χ2n) is 24.2. The van der Waals surface area contributed by atoms with Crippen LogP contribution < -0.4 is 9.30 Å². The molecule has 368 valence electrons. The largest absolute Gasteiger partial charge is 0.458 e. The highest BCUT2D eigenvalue weighted by molar-refractivity contribution is 6.10. The number of pyridine rings is 1. The molecule has 0 saturated heterocycles. The molecule has 0 unspecified atom stereocenters. The molecule has 73 heavy (non-hydrogen) atoms. The zero-order chi connectivity index (χ0) is 51.7. The molecule has 0 saturated carbocycles. The minimum atomic E-state index is -0.387. The molecule has 0 aliphatic heterocycles. The third-order valence-corrected chi connectivity index (χ3v) is 15.1. The van der Waals surface area contributed by atoms with Crippen LogP contribution in [-0.2, 0) is 27.1 Å². The van der Waals surface area contributed by atoms with E-state index in [2.05, 4.69) is 292 Å². The van der Waals surface area contributed by atoms with Crippen molar-refractivity contribution in [1.82, 2.24) is 14.1 Å². The van der Waals surface area contributed by atoms with E-state index < -0.39 is 0 Å². The van der Waals surface area contributed by atoms with E-state index in [4.69, 9.17) is 9.72 Å². The third kappa shape index (κ3) is 9.54. The van der Waals surface area contributed by atoms with E-state index in [0.717, 1.165) is 56.4 Å². The molecule has 0 radical (unpaired) electrons. The zero-order valence-electron chi connectivity index (χ0n) is 45.1. The van der Waals surface area contributed by atoms with Crippen LogP contribution in [0.15, 0.2) is 188 Å². The van der Waals surface area contributed by atoms with Gasteiger partial charge in [0.2, 0.25) is 0 Å². The van der Waals surface area contributed by atoms with Crippen LogP contribution in [0, 0.1) is 6.33 Å². The summed E-state index contributed by atoms with van der Waals surface area (Å²) in [6.45, 7) is 29.7. The van der Waals surface area contributed by atoms with Gasteiger partial charge in [-0.25, -0.2) is 4.98 Å². The fraction of sp³-hybridized carbons (Fsp3) is 0.265. The van der Waals surface area contributed by atoms with Gasteiger partial charge in [-0.05, 0) is 127 Å². The van der Waals surface area contributed by atoms with Crippen LogP contribution in [0.1, 0.15) is 129 Å². The highest BCUT2D eigenvalue weighted by Gasteiger charge is 2.31. The first-order valence-electron chi connectivity index (χ1n) is 25.8. The van der Waals surface area contributed by atoms with Gasteiger partial charge < -0.3 is 4.74 Å². The van der Waals surface area contributed by atoms with Crippen LogP contribution in [-0.4, -0.2) is 14.1 Å². The van der Waals surface area contributed by atoms with E-state index in [9.17, 15) is 0 Å². The van der Waals surface area contributed by atoms with Crippen LogP contribution in [0.25, 0.3) is 50.1 Å². The molecule has 0 atom stereocenters. The smallest absolute Gasteiger partial charge is 0.269 e. The Morgan fingerprint density at radius 2 is 1.05 bits per heavy atom. The molecular weight excluding hydrogens is 889 g/mol. The maximum Gasteiger partial charge on any atom is 0.269 e. The fourth-order valence-corrected chi connectivity index (χ4v) is 10.2. The highest BCUT2D eigenvalue weighted by atomic mass is 16.5. The monoisotopic (exact) mass is 959 g/mol. The number of hydrogen-bond donors (Lipinski definition) is 0. The molecule has 5 nitrogen and oxygen atoms in total. The van der Waals surface area contributed by atoms with Gasteiger partial charge in [0.15, 0.2) is 0 Å². The molecule has 0 bridgehead atoms. The summed E-state index contributed by atoms with van der Waals surface area (Å²) in [5, 5.41) is 2.32. The second-order valence-corrected chi connectivity index (χ2v) is 24.2. The van der Waals surface area contributed by atoms with Crippen molar-refractivity contribution < 1.29 is 9.30 Å². The van der Waals surface area contributed by atoms with Crippen molar-refractivity contribution in [3.63, 3.8) is 0 Å². The highest BCUT2D eigenvalue weighted by Crippen LogP contribution is 2.41. The number of hydrogen-bond acceptors (Lipinski definition) is 2. The molecular formula is C68H70N4O. The van der Waals surface area contributed by atoms with E-state index >= 15 is 0 Å². The standard InChI is InChI=1S/C68H70N4O/c1-64(2,3)50-33-34-69-63(41-50)72-60-32-29-51(67(10,11)48-25-19-15-20-26-48)40-59(60)58-31-30-56(43-61(58)72)73-57-39-53(66(7,8)9)37-54(42-57)70-44-62(68(12,13)49-27-21-16-22-28-49)71(45-70)55-36-47(46-23-17-14-18-24-46)35-52(38-55)65(4,5)6/h14-44H,1-13H3. The Balaban J connectivity index is 1.13. The number of ether oxygens (including phenoxy) is 1. The van der Waals surface area contributed by atoms with Gasteiger partial charge in [-0.3, -0.25) is 13.7 Å². The van der Waals surface area contributed by atoms with Crippen molar-refractivity contribution in [1.29, 1.82) is 0 Å². The first-order valence-corrected chi connectivity index (χ1v) is 25.8. The second kappa shape index (κ2) is 18.2. The molecule has 7 aromatic carbocycles. The lowest BCUT2D eigenvalue weighted by molar-refractivity contribution is -0.611. The minimum Gasteiger partial charge on any atom is -0.458 e. The summed E-state index contributed by atoms with van der Waals surface area (Å²) < 4.78 is 13.8. The Morgan fingerprint density at radius 3 is 1.70 bits per heavy atom. The molecule has 0 fully saturated rings. The van der Waals surface area contributed by atoms with E-state index in [1.54, 1.807) is 0 Å². The van der Waals surface area contributed by atoms with Gasteiger partial charge in [-0.15, -0.1) is 0 Å². The summed E-state index contributed by atoms with van der Waals surface area (Å²) in [7, 11) is 0. The van der Waals surface area contributed by atoms with Crippen LogP contribution in [0.2, 0.25) is 0 Å². The Labute approximate surface area is 433 Å². The van der Waals surface area contributed by atoms with Gasteiger partial charge in [0, 0.05) is 40.1 Å². The van der Waals surface area contributed by atoms with E-state index in [1.165, 1.54) is 44.3 Å². The quantitative estimate of drug-likeness (QED) is 0.101. The molecule has 10 rings (SSSR count). The predicted molar refractivity (Wildman–Crippen MR) is 303 cm³/mol. The summed E-state index contributed by atoms with van der Waals surface area (Å²) in [5.41, 5.74) is 14.1. The summed E-state index contributed by atoms with van der Waals surface area (Å²) >= 11 is 0. The Hall–Kier alpha value is -7.50. The number of nitrogens with zero attached hydrogens (tertiary/aromatic N) is 4. The van der Waals surface area contributed by atoms with Crippen molar-refractivity contribution in [3.05, 3.63) is 234 Å². The third-order valence-electron chi connectivity index (χ3n) is 15.1. The molecule has 10 aromatic rings. The first kappa shape index (κ1) is 49.1. The van der Waals surface area contributed by atoms with E-state index in [1.807, 2.05) is 6.20 Å². The summed E-state index contributed by atoms with van der Waals surface area (Å²) in [5.74, 6) is 2.38. The van der Waals surface area contributed by atoms with Gasteiger partial charge in [0.25, 0.3) is 6.33 Å². The molecule has 0 amide bonds. The van der Waals surface area contributed by atoms with Crippen molar-refractivity contribution >= 4 is 21.8 Å². The average molecular weight is 959 g/mol. The van der Waals surface area contributed by atoms with Crippen LogP contribution in [0.4, 0.5) is 0 Å². The van der Waals surface area contributed by atoms with Crippen molar-refractivity contribution in [2.45, 2.75) is 117 Å². The molecule has 0 aliphatic carbocycles.